The summed E-state index contributed by atoms with van der Waals surface area (Å²) in [6.07, 6.45) is 0.276. The first-order chi connectivity index (χ1) is 8.24. The molecule has 1 aliphatic heterocycles. The lowest BCUT2D eigenvalue weighted by atomic mass is 10.00. The molecule has 2 nitrogen and oxygen atoms in total. The fraction of sp³-hybridized carbons (Fsp3) is 0.154. The van der Waals surface area contributed by atoms with Gasteiger partial charge in [-0.05, 0) is 34.1 Å². The molecule has 0 fully saturated rings. The number of ketones is 1. The maximum absolute atomic E-state index is 12.0. The minimum Gasteiger partial charge on any atom is -0.484 e. The van der Waals surface area contributed by atoms with Crippen molar-refractivity contribution in [2.24, 2.45) is 0 Å². The third-order valence-corrected chi connectivity index (χ3v) is 4.52. The summed E-state index contributed by atoms with van der Waals surface area (Å²) in [4.78, 5) is 13.1. The van der Waals surface area contributed by atoms with Crippen LogP contribution in [-0.4, -0.2) is 5.78 Å². The van der Waals surface area contributed by atoms with Crippen molar-refractivity contribution in [3.05, 3.63) is 50.6 Å². The Hall–Kier alpha value is -1.13. The maximum atomic E-state index is 12.0. The summed E-state index contributed by atoms with van der Waals surface area (Å²) in [5.74, 6) is 0.847. The van der Waals surface area contributed by atoms with Crippen LogP contribution in [0.3, 0.4) is 0 Å². The van der Waals surface area contributed by atoms with Gasteiger partial charge in [-0.1, -0.05) is 12.1 Å². The highest BCUT2D eigenvalue weighted by molar-refractivity contribution is 9.10. The molecule has 0 amide bonds. The van der Waals surface area contributed by atoms with Crippen LogP contribution < -0.4 is 4.74 Å². The largest absolute Gasteiger partial charge is 0.484 e. The smallest absolute Gasteiger partial charge is 0.170 e. The highest BCUT2D eigenvalue weighted by Gasteiger charge is 2.27. The number of benzene rings is 1. The lowest BCUT2D eigenvalue weighted by molar-refractivity contribution is 0.0854. The van der Waals surface area contributed by atoms with Crippen LogP contribution in [0.5, 0.6) is 5.75 Å². The average Bonchev–Trinajstić information content (AvgIpc) is 2.76. The van der Waals surface area contributed by atoms with Crippen LogP contribution in [0.1, 0.15) is 27.8 Å². The second kappa shape index (κ2) is 4.27. The Labute approximate surface area is 111 Å². The number of hydrogen-bond donors (Lipinski definition) is 0. The number of hydrogen-bond acceptors (Lipinski definition) is 3. The van der Waals surface area contributed by atoms with E-state index in [1.165, 1.54) is 0 Å². The van der Waals surface area contributed by atoms with Gasteiger partial charge in [-0.15, -0.1) is 11.3 Å². The highest BCUT2D eigenvalue weighted by atomic mass is 79.9. The van der Waals surface area contributed by atoms with Crippen LogP contribution >= 0.6 is 27.3 Å². The zero-order valence-electron chi connectivity index (χ0n) is 8.85. The van der Waals surface area contributed by atoms with Gasteiger partial charge in [-0.3, -0.25) is 4.79 Å². The van der Waals surface area contributed by atoms with E-state index >= 15 is 0 Å². The molecule has 86 valence electrons. The number of carbonyl (C=O) groups excluding carboxylic acids is 1. The predicted molar refractivity (Wildman–Crippen MR) is 70.8 cm³/mol. The van der Waals surface area contributed by atoms with Crippen molar-refractivity contribution in [1.82, 2.24) is 0 Å². The van der Waals surface area contributed by atoms with E-state index < -0.39 is 0 Å². The van der Waals surface area contributed by atoms with Crippen LogP contribution in [0.25, 0.3) is 0 Å². The van der Waals surface area contributed by atoms with Crippen LogP contribution in [0, 0.1) is 0 Å². The minimum atomic E-state index is -0.145. The Morgan fingerprint density at radius 1 is 1.35 bits per heavy atom. The van der Waals surface area contributed by atoms with Crippen molar-refractivity contribution in [2.75, 3.05) is 0 Å². The number of halogens is 1. The van der Waals surface area contributed by atoms with Crippen molar-refractivity contribution in [3.63, 3.8) is 0 Å². The lowest BCUT2D eigenvalue weighted by Crippen LogP contribution is -2.19. The lowest BCUT2D eigenvalue weighted by Gasteiger charge is -2.24. The topological polar surface area (TPSA) is 26.3 Å². The van der Waals surface area contributed by atoms with E-state index in [1.807, 2.05) is 35.7 Å². The normalized spacial score (nSPS) is 18.6. The number of Topliss-reactive ketones (excluding diaryl/α,β-unsaturated/α-hetero) is 1. The number of para-hydroxylation sites is 1. The Kier molecular flexibility index (Phi) is 2.76. The first-order valence-corrected chi connectivity index (χ1v) is 6.94. The molecule has 0 bridgehead atoms. The van der Waals surface area contributed by atoms with Crippen LogP contribution in [0.2, 0.25) is 0 Å². The van der Waals surface area contributed by atoms with E-state index in [9.17, 15) is 4.79 Å². The third-order valence-electron chi connectivity index (χ3n) is 2.73. The van der Waals surface area contributed by atoms with E-state index in [1.54, 1.807) is 11.3 Å². The van der Waals surface area contributed by atoms with Gasteiger partial charge in [0.2, 0.25) is 0 Å². The number of carbonyl (C=O) groups is 1. The molecule has 2 heterocycles. The molecule has 0 aliphatic carbocycles. The van der Waals surface area contributed by atoms with E-state index in [0.717, 1.165) is 9.35 Å². The molecule has 2 aromatic rings. The van der Waals surface area contributed by atoms with E-state index in [4.69, 9.17) is 4.74 Å². The summed E-state index contributed by atoms with van der Waals surface area (Å²) in [6, 6.07) is 9.43. The standard InChI is InChI=1S/C13H9BrO2S/c14-8-5-13(17-7-8)12-6-10(15)9-3-1-2-4-11(9)16-12/h1-5,7,12H,6H2. The fourth-order valence-electron chi connectivity index (χ4n) is 1.93. The molecule has 0 spiro atoms. The van der Waals surface area contributed by atoms with Gasteiger partial charge in [0.25, 0.3) is 0 Å². The zero-order chi connectivity index (χ0) is 11.8. The number of ether oxygens (including phenoxy) is 1. The quantitative estimate of drug-likeness (QED) is 0.788. The average molecular weight is 309 g/mol. The predicted octanol–water partition coefficient (Wildman–Crippen LogP) is 4.22. The van der Waals surface area contributed by atoms with Crippen molar-refractivity contribution < 1.29 is 9.53 Å². The Balaban J connectivity index is 1.96. The molecule has 0 N–H and O–H groups in total. The molecular weight excluding hydrogens is 300 g/mol. The van der Waals surface area contributed by atoms with Gasteiger partial charge in [-0.2, -0.15) is 0 Å². The van der Waals surface area contributed by atoms with Gasteiger partial charge >= 0.3 is 0 Å². The Morgan fingerprint density at radius 2 is 2.18 bits per heavy atom. The molecule has 1 aliphatic rings. The number of fused-ring (bicyclic) bond motifs is 1. The summed E-state index contributed by atoms with van der Waals surface area (Å²) in [5.41, 5.74) is 0.694. The van der Waals surface area contributed by atoms with Gasteiger partial charge < -0.3 is 4.74 Å². The van der Waals surface area contributed by atoms with Crippen molar-refractivity contribution in [2.45, 2.75) is 12.5 Å². The van der Waals surface area contributed by atoms with Crippen molar-refractivity contribution in [1.29, 1.82) is 0 Å². The second-order valence-electron chi connectivity index (χ2n) is 3.90. The Bertz CT molecular complexity index is 576. The molecular formula is C13H9BrO2S. The zero-order valence-corrected chi connectivity index (χ0v) is 11.3. The molecule has 0 saturated carbocycles. The summed E-state index contributed by atoms with van der Waals surface area (Å²) in [7, 11) is 0. The molecule has 3 rings (SSSR count). The number of rotatable bonds is 1. The van der Waals surface area contributed by atoms with Crippen LogP contribution in [0.15, 0.2) is 40.2 Å². The van der Waals surface area contributed by atoms with Crippen molar-refractivity contribution in [3.8, 4) is 5.75 Å². The summed E-state index contributed by atoms with van der Waals surface area (Å²) in [5, 5.41) is 2.00. The SMILES string of the molecule is O=C1CC(c2cc(Br)cs2)Oc2ccccc21. The Morgan fingerprint density at radius 3 is 2.94 bits per heavy atom. The molecule has 1 unspecified atom stereocenters. The van der Waals surface area contributed by atoms with E-state index in [0.29, 0.717) is 17.7 Å². The first kappa shape index (κ1) is 11.0. The summed E-state index contributed by atoms with van der Waals surface area (Å²) >= 11 is 5.02. The summed E-state index contributed by atoms with van der Waals surface area (Å²) < 4.78 is 6.91. The number of thiophene rings is 1. The summed E-state index contributed by atoms with van der Waals surface area (Å²) in [6.45, 7) is 0. The first-order valence-electron chi connectivity index (χ1n) is 5.27. The maximum Gasteiger partial charge on any atom is 0.170 e. The van der Waals surface area contributed by atoms with Crippen LogP contribution in [-0.2, 0) is 0 Å². The van der Waals surface area contributed by atoms with Gasteiger partial charge in [0.05, 0.1) is 12.0 Å². The molecule has 1 aromatic carbocycles. The van der Waals surface area contributed by atoms with E-state index in [-0.39, 0.29) is 11.9 Å². The molecule has 1 aromatic heterocycles. The molecule has 0 saturated heterocycles. The van der Waals surface area contributed by atoms with Gasteiger partial charge in [0.1, 0.15) is 11.9 Å². The van der Waals surface area contributed by atoms with Crippen LogP contribution in [0.4, 0.5) is 0 Å². The molecule has 4 heteroatoms. The second-order valence-corrected chi connectivity index (χ2v) is 5.76. The fourth-order valence-corrected chi connectivity index (χ4v) is 3.40. The highest BCUT2D eigenvalue weighted by Crippen LogP contribution is 2.37. The van der Waals surface area contributed by atoms with Gasteiger partial charge in [-0.25, -0.2) is 0 Å². The minimum absolute atomic E-state index is 0.145. The molecule has 17 heavy (non-hydrogen) atoms. The molecule has 0 radical (unpaired) electrons. The molecule has 1 atom stereocenters. The van der Waals surface area contributed by atoms with Crippen molar-refractivity contribution >= 4 is 33.0 Å². The van der Waals surface area contributed by atoms with E-state index in [2.05, 4.69) is 15.9 Å². The van der Waals surface area contributed by atoms with Gasteiger partial charge in [0.15, 0.2) is 5.78 Å². The third kappa shape index (κ3) is 2.03. The van der Waals surface area contributed by atoms with Gasteiger partial charge in [0, 0.05) is 14.7 Å². The monoisotopic (exact) mass is 308 g/mol.